The molecular formula is C22H20N2O3. The molecule has 27 heavy (non-hydrogen) atoms. The summed E-state index contributed by atoms with van der Waals surface area (Å²) in [6, 6.07) is 19.2. The van der Waals surface area contributed by atoms with Crippen LogP contribution in [-0.4, -0.2) is 36.3 Å². The predicted octanol–water partition coefficient (Wildman–Crippen LogP) is 3.75. The molecule has 0 N–H and O–H groups in total. The summed E-state index contributed by atoms with van der Waals surface area (Å²) in [7, 11) is 0. The third kappa shape index (κ3) is 3.71. The summed E-state index contributed by atoms with van der Waals surface area (Å²) in [6.45, 7) is 1.21. The van der Waals surface area contributed by atoms with Gasteiger partial charge in [0.05, 0.1) is 36.9 Å². The molecule has 0 radical (unpaired) electrons. The van der Waals surface area contributed by atoms with Crippen LogP contribution >= 0.6 is 0 Å². The van der Waals surface area contributed by atoms with E-state index in [-0.39, 0.29) is 24.8 Å². The van der Waals surface area contributed by atoms with E-state index >= 15 is 0 Å². The maximum absolute atomic E-state index is 12.7. The Morgan fingerprint density at radius 2 is 2.04 bits per heavy atom. The van der Waals surface area contributed by atoms with Gasteiger partial charge in [0.2, 0.25) is 0 Å². The lowest BCUT2D eigenvalue weighted by Gasteiger charge is -2.43. The second-order valence-corrected chi connectivity index (χ2v) is 6.79. The fourth-order valence-corrected chi connectivity index (χ4v) is 3.68. The molecule has 1 fully saturated rings. The van der Waals surface area contributed by atoms with Crippen LogP contribution in [0.5, 0.6) is 0 Å². The minimum absolute atomic E-state index is 0.0576. The normalized spacial score (nSPS) is 21.1. The third-order valence-corrected chi connectivity index (χ3v) is 4.98. The Bertz CT molecular complexity index is 901. The molecule has 2 aliphatic rings. The third-order valence-electron chi connectivity index (χ3n) is 4.98. The number of ether oxygens (including phenoxy) is 2. The Labute approximate surface area is 158 Å². The zero-order chi connectivity index (χ0) is 18.6. The van der Waals surface area contributed by atoms with E-state index in [0.717, 1.165) is 16.7 Å². The molecule has 2 bridgehead atoms. The Morgan fingerprint density at radius 1 is 1.19 bits per heavy atom. The standard InChI is InChI=1S/C22H20N2O3/c23-12-17-7-4-8-18(9-17)19-10-20-14-26-15-21(11-19)24(20)22(25)27-13-16-5-2-1-3-6-16/h1-10,20-21H,11,13-15H2. The number of rotatable bonds is 3. The lowest BCUT2D eigenvalue weighted by molar-refractivity contribution is -0.0342. The molecule has 2 aromatic carbocycles. The quantitative estimate of drug-likeness (QED) is 0.836. The molecule has 5 heteroatoms. The van der Waals surface area contributed by atoms with E-state index in [1.807, 2.05) is 48.5 Å². The molecule has 2 atom stereocenters. The van der Waals surface area contributed by atoms with Crippen LogP contribution in [0.3, 0.4) is 0 Å². The zero-order valence-electron chi connectivity index (χ0n) is 14.9. The highest BCUT2D eigenvalue weighted by molar-refractivity contribution is 5.75. The van der Waals surface area contributed by atoms with Crippen molar-refractivity contribution in [3.8, 4) is 6.07 Å². The Kier molecular flexibility index (Phi) is 4.91. The predicted molar refractivity (Wildman–Crippen MR) is 101 cm³/mol. The fourth-order valence-electron chi connectivity index (χ4n) is 3.68. The van der Waals surface area contributed by atoms with Crippen molar-refractivity contribution in [2.24, 2.45) is 0 Å². The summed E-state index contributed by atoms with van der Waals surface area (Å²) >= 11 is 0. The van der Waals surface area contributed by atoms with Gasteiger partial charge in [-0.3, -0.25) is 4.90 Å². The monoisotopic (exact) mass is 360 g/mol. The highest BCUT2D eigenvalue weighted by Gasteiger charge is 2.39. The number of nitrogens with zero attached hydrogens (tertiary/aromatic N) is 2. The summed E-state index contributed by atoms with van der Waals surface area (Å²) in [5, 5.41) is 9.13. The van der Waals surface area contributed by atoms with E-state index < -0.39 is 0 Å². The second kappa shape index (κ2) is 7.65. The van der Waals surface area contributed by atoms with Crippen LogP contribution < -0.4 is 0 Å². The first-order valence-corrected chi connectivity index (χ1v) is 9.02. The lowest BCUT2D eigenvalue weighted by Crippen LogP contribution is -2.56. The maximum atomic E-state index is 12.7. The van der Waals surface area contributed by atoms with E-state index in [1.54, 1.807) is 11.0 Å². The van der Waals surface area contributed by atoms with Gasteiger partial charge in [0, 0.05) is 0 Å². The molecule has 1 amide bonds. The molecule has 2 unspecified atom stereocenters. The van der Waals surface area contributed by atoms with Crippen molar-refractivity contribution in [3.63, 3.8) is 0 Å². The number of carbonyl (C=O) groups excluding carboxylic acids is 1. The minimum atomic E-state index is -0.307. The van der Waals surface area contributed by atoms with Gasteiger partial charge in [-0.2, -0.15) is 5.26 Å². The molecule has 2 aliphatic heterocycles. The molecule has 0 spiro atoms. The number of benzene rings is 2. The van der Waals surface area contributed by atoms with Crippen molar-refractivity contribution in [1.82, 2.24) is 4.90 Å². The van der Waals surface area contributed by atoms with Crippen LogP contribution in [0.1, 0.15) is 23.1 Å². The maximum Gasteiger partial charge on any atom is 0.411 e. The molecule has 5 nitrogen and oxygen atoms in total. The highest BCUT2D eigenvalue weighted by Crippen LogP contribution is 2.33. The van der Waals surface area contributed by atoms with Crippen LogP contribution in [0.2, 0.25) is 0 Å². The van der Waals surface area contributed by atoms with E-state index in [2.05, 4.69) is 12.1 Å². The first-order valence-electron chi connectivity index (χ1n) is 9.02. The Morgan fingerprint density at radius 3 is 2.81 bits per heavy atom. The molecule has 0 saturated carbocycles. The highest BCUT2D eigenvalue weighted by atomic mass is 16.6. The molecule has 4 rings (SSSR count). The summed E-state index contributed by atoms with van der Waals surface area (Å²) in [4.78, 5) is 14.5. The van der Waals surface area contributed by atoms with Gasteiger partial charge in [0.25, 0.3) is 0 Å². The first kappa shape index (κ1) is 17.3. The largest absolute Gasteiger partial charge is 0.445 e. The molecule has 0 aliphatic carbocycles. The van der Waals surface area contributed by atoms with Gasteiger partial charge in [-0.05, 0) is 35.3 Å². The number of nitriles is 1. The molecular weight excluding hydrogens is 340 g/mol. The summed E-state index contributed by atoms with van der Waals surface area (Å²) < 4.78 is 11.2. The topological polar surface area (TPSA) is 62.6 Å². The summed E-state index contributed by atoms with van der Waals surface area (Å²) in [5.41, 5.74) is 3.79. The van der Waals surface area contributed by atoms with Crippen molar-refractivity contribution in [1.29, 1.82) is 5.26 Å². The number of carbonyl (C=O) groups is 1. The summed E-state index contributed by atoms with van der Waals surface area (Å²) in [6.07, 6.45) is 2.44. The van der Waals surface area contributed by atoms with Gasteiger partial charge >= 0.3 is 6.09 Å². The Hall–Kier alpha value is -3.10. The average Bonchev–Trinajstić information content (AvgIpc) is 2.72. The van der Waals surface area contributed by atoms with E-state index in [1.165, 1.54) is 0 Å². The van der Waals surface area contributed by atoms with Crippen LogP contribution in [0.25, 0.3) is 5.57 Å². The van der Waals surface area contributed by atoms with Gasteiger partial charge in [-0.15, -0.1) is 0 Å². The smallest absolute Gasteiger partial charge is 0.411 e. The van der Waals surface area contributed by atoms with Crippen LogP contribution in [0.4, 0.5) is 4.79 Å². The molecule has 1 saturated heterocycles. The van der Waals surface area contributed by atoms with Gasteiger partial charge in [0.1, 0.15) is 6.61 Å². The SMILES string of the molecule is N#Cc1cccc(C2=CC3COCC(C2)N3C(=O)OCc2ccccc2)c1. The van der Waals surface area contributed by atoms with Crippen molar-refractivity contribution in [3.05, 3.63) is 77.4 Å². The molecule has 2 aromatic rings. The molecule has 136 valence electrons. The fraction of sp³-hybridized carbons (Fsp3) is 0.273. The van der Waals surface area contributed by atoms with Gasteiger partial charge in [-0.1, -0.05) is 48.5 Å². The summed E-state index contributed by atoms with van der Waals surface area (Å²) in [5.74, 6) is 0. The molecule has 0 aromatic heterocycles. The number of hydrogen-bond donors (Lipinski definition) is 0. The zero-order valence-corrected chi connectivity index (χ0v) is 14.9. The van der Waals surface area contributed by atoms with Gasteiger partial charge < -0.3 is 9.47 Å². The minimum Gasteiger partial charge on any atom is -0.445 e. The number of morpholine rings is 1. The number of hydrogen-bond acceptors (Lipinski definition) is 4. The van der Waals surface area contributed by atoms with Gasteiger partial charge in [0.15, 0.2) is 0 Å². The van der Waals surface area contributed by atoms with Gasteiger partial charge in [-0.25, -0.2) is 4.79 Å². The van der Waals surface area contributed by atoms with Crippen LogP contribution in [-0.2, 0) is 16.1 Å². The van der Waals surface area contributed by atoms with Crippen LogP contribution in [0.15, 0.2) is 60.7 Å². The lowest BCUT2D eigenvalue weighted by atomic mass is 9.89. The first-order chi connectivity index (χ1) is 13.2. The Balaban J connectivity index is 1.51. The van der Waals surface area contributed by atoms with Crippen molar-refractivity contribution in [2.45, 2.75) is 25.1 Å². The van der Waals surface area contributed by atoms with E-state index in [9.17, 15) is 4.79 Å². The van der Waals surface area contributed by atoms with Crippen LogP contribution in [0, 0.1) is 11.3 Å². The van der Waals surface area contributed by atoms with Crippen molar-refractivity contribution < 1.29 is 14.3 Å². The molecule has 2 heterocycles. The van der Waals surface area contributed by atoms with Crippen molar-refractivity contribution in [2.75, 3.05) is 13.2 Å². The van der Waals surface area contributed by atoms with E-state index in [0.29, 0.717) is 25.2 Å². The van der Waals surface area contributed by atoms with Crippen molar-refractivity contribution >= 4 is 11.7 Å². The second-order valence-electron chi connectivity index (χ2n) is 6.79. The van der Waals surface area contributed by atoms with E-state index in [4.69, 9.17) is 14.7 Å². The number of amides is 1. The number of fused-ring (bicyclic) bond motifs is 2. The average molecular weight is 360 g/mol.